The number of hydrogen-bond donors (Lipinski definition) is 3. The topological polar surface area (TPSA) is 84.2 Å². The number of aryl methyl sites for hydroxylation is 1. The van der Waals surface area contributed by atoms with Crippen molar-refractivity contribution < 1.29 is 9.59 Å². The van der Waals surface area contributed by atoms with Gasteiger partial charge in [-0.15, -0.1) is 0 Å². The highest BCUT2D eigenvalue weighted by atomic mass is 32.2. The fraction of sp³-hybridized carbons (Fsp3) is 0.529. The second-order valence-corrected chi connectivity index (χ2v) is 6.83. The number of thioether (sulfide) groups is 1. The number of urea groups is 1. The van der Waals surface area contributed by atoms with E-state index in [1.165, 1.54) is 11.1 Å². The van der Waals surface area contributed by atoms with Crippen LogP contribution in [-0.2, 0) is 11.2 Å². The molecular formula is C17H25N3O2S. The fourth-order valence-corrected chi connectivity index (χ4v) is 3.49. The summed E-state index contributed by atoms with van der Waals surface area (Å²) in [5.41, 5.74) is 7.70. The summed E-state index contributed by atoms with van der Waals surface area (Å²) in [6.07, 6.45) is 6.74. The van der Waals surface area contributed by atoms with E-state index in [0.717, 1.165) is 31.4 Å². The van der Waals surface area contributed by atoms with Crippen LogP contribution >= 0.6 is 11.8 Å². The molecule has 0 spiro atoms. The zero-order valence-corrected chi connectivity index (χ0v) is 14.3. The van der Waals surface area contributed by atoms with Crippen molar-refractivity contribution in [2.24, 2.45) is 5.73 Å². The van der Waals surface area contributed by atoms with Crippen LogP contribution in [0.2, 0.25) is 0 Å². The number of nitrogens with one attached hydrogen (secondary N) is 2. The fourth-order valence-electron chi connectivity index (χ4n) is 3.02. The van der Waals surface area contributed by atoms with E-state index in [0.29, 0.717) is 6.42 Å². The number of primary amides is 1. The maximum Gasteiger partial charge on any atom is 0.312 e. The van der Waals surface area contributed by atoms with Gasteiger partial charge in [0.05, 0.1) is 6.04 Å². The molecule has 4 N–H and O–H groups in total. The largest absolute Gasteiger partial charge is 0.352 e. The van der Waals surface area contributed by atoms with Gasteiger partial charge in [-0.05, 0) is 48.8 Å². The molecule has 0 heterocycles. The van der Waals surface area contributed by atoms with Gasteiger partial charge in [0.1, 0.15) is 6.04 Å². The van der Waals surface area contributed by atoms with Gasteiger partial charge in [0.25, 0.3) is 0 Å². The molecule has 0 aliphatic heterocycles. The van der Waals surface area contributed by atoms with Crippen molar-refractivity contribution in [2.45, 2.75) is 44.2 Å². The molecule has 1 aliphatic rings. The van der Waals surface area contributed by atoms with Crippen LogP contribution in [0.15, 0.2) is 24.3 Å². The van der Waals surface area contributed by atoms with E-state index in [9.17, 15) is 9.59 Å². The summed E-state index contributed by atoms with van der Waals surface area (Å²) < 4.78 is 0. The molecule has 3 amide bonds. The van der Waals surface area contributed by atoms with Gasteiger partial charge in [0, 0.05) is 0 Å². The van der Waals surface area contributed by atoms with Crippen molar-refractivity contribution in [3.05, 3.63) is 35.4 Å². The molecule has 1 aliphatic carbocycles. The lowest BCUT2D eigenvalue weighted by Crippen LogP contribution is -2.49. The third-order valence-electron chi connectivity index (χ3n) is 4.18. The predicted molar refractivity (Wildman–Crippen MR) is 94.4 cm³/mol. The highest BCUT2D eigenvalue weighted by Crippen LogP contribution is 2.28. The Morgan fingerprint density at radius 1 is 1.35 bits per heavy atom. The predicted octanol–water partition coefficient (Wildman–Crippen LogP) is 2.36. The van der Waals surface area contributed by atoms with Gasteiger partial charge in [-0.1, -0.05) is 30.7 Å². The van der Waals surface area contributed by atoms with E-state index in [1.54, 1.807) is 11.8 Å². The van der Waals surface area contributed by atoms with Gasteiger partial charge in [0.15, 0.2) is 0 Å². The van der Waals surface area contributed by atoms with Gasteiger partial charge in [0.2, 0.25) is 5.91 Å². The SMILES string of the molecule is CSCC[C@H](NC(N)=O)C(=O)N[C@@H]1CCCCc2ccccc21. The normalized spacial score (nSPS) is 18.4. The van der Waals surface area contributed by atoms with Gasteiger partial charge in [-0.3, -0.25) is 4.79 Å². The molecule has 1 aromatic rings. The summed E-state index contributed by atoms with van der Waals surface area (Å²) in [6.45, 7) is 0. The second-order valence-electron chi connectivity index (χ2n) is 5.85. The lowest BCUT2D eigenvalue weighted by Gasteiger charge is -2.23. The second kappa shape index (κ2) is 8.82. The van der Waals surface area contributed by atoms with Gasteiger partial charge in [-0.25, -0.2) is 4.79 Å². The first-order chi connectivity index (χ1) is 11.1. The molecule has 0 fully saturated rings. The first kappa shape index (κ1) is 17.7. The Labute approximate surface area is 141 Å². The minimum atomic E-state index is -0.660. The number of hydrogen-bond acceptors (Lipinski definition) is 3. The summed E-state index contributed by atoms with van der Waals surface area (Å²) in [5.74, 6) is 0.638. The number of amides is 3. The number of fused-ring (bicyclic) bond motifs is 1. The van der Waals surface area contributed by atoms with Crippen LogP contribution in [0.25, 0.3) is 0 Å². The third-order valence-corrected chi connectivity index (χ3v) is 4.82. The first-order valence-corrected chi connectivity index (χ1v) is 9.44. The van der Waals surface area contributed by atoms with Gasteiger partial charge < -0.3 is 16.4 Å². The Balaban J connectivity index is 2.09. The first-order valence-electron chi connectivity index (χ1n) is 8.05. The number of nitrogens with two attached hydrogens (primary N) is 1. The molecule has 0 saturated heterocycles. The average molecular weight is 335 g/mol. The minimum Gasteiger partial charge on any atom is -0.352 e. The summed E-state index contributed by atoms with van der Waals surface area (Å²) in [7, 11) is 0. The van der Waals surface area contributed by atoms with Gasteiger partial charge in [-0.2, -0.15) is 11.8 Å². The molecule has 0 unspecified atom stereocenters. The molecule has 0 aromatic heterocycles. The van der Waals surface area contributed by atoms with Crippen LogP contribution in [0.1, 0.15) is 42.9 Å². The number of carbonyl (C=O) groups is 2. The van der Waals surface area contributed by atoms with E-state index in [4.69, 9.17) is 5.73 Å². The van der Waals surface area contributed by atoms with Crippen molar-refractivity contribution in [1.82, 2.24) is 10.6 Å². The molecule has 2 rings (SSSR count). The van der Waals surface area contributed by atoms with E-state index < -0.39 is 12.1 Å². The number of carbonyl (C=O) groups excluding carboxylic acids is 2. The molecule has 126 valence electrons. The molecule has 0 bridgehead atoms. The summed E-state index contributed by atoms with van der Waals surface area (Å²) in [5, 5.41) is 5.67. The van der Waals surface area contributed by atoms with E-state index in [2.05, 4.69) is 22.8 Å². The summed E-state index contributed by atoms with van der Waals surface area (Å²) >= 11 is 1.64. The number of rotatable bonds is 6. The molecule has 23 heavy (non-hydrogen) atoms. The van der Waals surface area contributed by atoms with Crippen LogP contribution in [0.3, 0.4) is 0 Å². The zero-order valence-electron chi connectivity index (χ0n) is 13.5. The Bertz CT molecular complexity index is 550. The molecule has 1 aromatic carbocycles. The standard InChI is InChI=1S/C17H25N3O2S/c1-23-11-10-15(20-17(18)22)16(21)19-14-9-5-3-7-12-6-2-4-8-13(12)14/h2,4,6,8,14-15H,3,5,7,9-11H2,1H3,(H,19,21)(H3,18,20,22)/t14-,15+/m1/s1. The summed E-state index contributed by atoms with van der Waals surface area (Å²) in [6, 6.07) is 7.04. The van der Waals surface area contributed by atoms with E-state index >= 15 is 0 Å². The maximum atomic E-state index is 12.6. The van der Waals surface area contributed by atoms with Crippen molar-refractivity contribution in [2.75, 3.05) is 12.0 Å². The minimum absolute atomic E-state index is 0.00709. The highest BCUT2D eigenvalue weighted by Gasteiger charge is 2.25. The van der Waals surface area contributed by atoms with Crippen molar-refractivity contribution in [1.29, 1.82) is 0 Å². The lowest BCUT2D eigenvalue weighted by atomic mass is 9.98. The zero-order chi connectivity index (χ0) is 16.7. The quantitative estimate of drug-likeness (QED) is 0.698. The molecule has 0 saturated carbocycles. The average Bonchev–Trinajstić information content (AvgIpc) is 2.73. The Morgan fingerprint density at radius 3 is 2.87 bits per heavy atom. The third kappa shape index (κ3) is 5.16. The maximum absolute atomic E-state index is 12.6. The van der Waals surface area contributed by atoms with E-state index in [1.807, 2.05) is 18.4 Å². The highest BCUT2D eigenvalue weighted by molar-refractivity contribution is 7.98. The van der Waals surface area contributed by atoms with Crippen LogP contribution in [-0.4, -0.2) is 30.0 Å². The Hall–Kier alpha value is -1.69. The van der Waals surface area contributed by atoms with Crippen LogP contribution < -0.4 is 16.4 Å². The van der Waals surface area contributed by atoms with Crippen molar-refractivity contribution in [3.8, 4) is 0 Å². The Kier molecular flexibility index (Phi) is 6.77. The van der Waals surface area contributed by atoms with Crippen LogP contribution in [0.4, 0.5) is 4.79 Å². The molecule has 0 radical (unpaired) electrons. The Morgan fingerprint density at radius 2 is 2.13 bits per heavy atom. The molecule has 5 nitrogen and oxygen atoms in total. The number of benzene rings is 1. The van der Waals surface area contributed by atoms with E-state index in [-0.39, 0.29) is 11.9 Å². The summed E-state index contributed by atoms with van der Waals surface area (Å²) in [4.78, 5) is 23.7. The van der Waals surface area contributed by atoms with Crippen LogP contribution in [0, 0.1) is 0 Å². The van der Waals surface area contributed by atoms with Gasteiger partial charge >= 0.3 is 6.03 Å². The van der Waals surface area contributed by atoms with Crippen LogP contribution in [0.5, 0.6) is 0 Å². The van der Waals surface area contributed by atoms with Crippen molar-refractivity contribution in [3.63, 3.8) is 0 Å². The molecular weight excluding hydrogens is 310 g/mol. The monoisotopic (exact) mass is 335 g/mol. The molecule has 2 atom stereocenters. The van der Waals surface area contributed by atoms with Crippen molar-refractivity contribution >= 4 is 23.7 Å². The smallest absolute Gasteiger partial charge is 0.312 e. The lowest BCUT2D eigenvalue weighted by molar-refractivity contribution is -0.123. The molecule has 6 heteroatoms.